The van der Waals surface area contributed by atoms with Gasteiger partial charge in [0.05, 0.1) is 6.04 Å². The number of amides is 2. The van der Waals surface area contributed by atoms with Crippen LogP contribution in [0.1, 0.15) is 43.7 Å². The van der Waals surface area contributed by atoms with Gasteiger partial charge in [-0.05, 0) is 18.4 Å². The SMILES string of the molecule is O=C(NC1CCCCC1)N1CCNC(c2ccccc2)C1. The molecule has 21 heavy (non-hydrogen) atoms. The molecule has 2 N–H and O–H groups in total. The molecule has 1 aliphatic carbocycles. The van der Waals surface area contributed by atoms with Crippen LogP contribution in [0.4, 0.5) is 4.79 Å². The topological polar surface area (TPSA) is 44.4 Å². The number of nitrogens with zero attached hydrogens (tertiary/aromatic N) is 1. The van der Waals surface area contributed by atoms with Gasteiger partial charge in [-0.3, -0.25) is 0 Å². The molecule has 2 amide bonds. The van der Waals surface area contributed by atoms with Crippen molar-refractivity contribution in [1.29, 1.82) is 0 Å². The highest BCUT2D eigenvalue weighted by molar-refractivity contribution is 5.74. The van der Waals surface area contributed by atoms with Crippen LogP contribution in [0.5, 0.6) is 0 Å². The Morgan fingerprint density at radius 1 is 1.14 bits per heavy atom. The second-order valence-corrected chi connectivity index (χ2v) is 6.15. The number of carbonyl (C=O) groups is 1. The fourth-order valence-electron chi connectivity index (χ4n) is 3.36. The zero-order valence-corrected chi connectivity index (χ0v) is 12.6. The van der Waals surface area contributed by atoms with Crippen LogP contribution in [-0.2, 0) is 0 Å². The first-order valence-electron chi connectivity index (χ1n) is 8.17. The van der Waals surface area contributed by atoms with E-state index in [1.54, 1.807) is 0 Å². The van der Waals surface area contributed by atoms with E-state index in [0.29, 0.717) is 6.04 Å². The molecule has 4 heteroatoms. The van der Waals surface area contributed by atoms with Crippen molar-refractivity contribution < 1.29 is 4.79 Å². The van der Waals surface area contributed by atoms with Gasteiger partial charge in [0.15, 0.2) is 0 Å². The lowest BCUT2D eigenvalue weighted by molar-refractivity contribution is 0.170. The van der Waals surface area contributed by atoms with Gasteiger partial charge in [0.2, 0.25) is 0 Å². The maximum absolute atomic E-state index is 12.4. The maximum Gasteiger partial charge on any atom is 0.317 e. The first kappa shape index (κ1) is 14.4. The first-order valence-corrected chi connectivity index (χ1v) is 8.17. The smallest absolute Gasteiger partial charge is 0.317 e. The van der Waals surface area contributed by atoms with Crippen LogP contribution in [0.2, 0.25) is 0 Å². The summed E-state index contributed by atoms with van der Waals surface area (Å²) in [7, 11) is 0. The van der Waals surface area contributed by atoms with Gasteiger partial charge in [-0.1, -0.05) is 49.6 Å². The summed E-state index contributed by atoms with van der Waals surface area (Å²) in [6.45, 7) is 2.40. The summed E-state index contributed by atoms with van der Waals surface area (Å²) in [6.07, 6.45) is 6.09. The number of urea groups is 1. The van der Waals surface area contributed by atoms with Crippen molar-refractivity contribution in [1.82, 2.24) is 15.5 Å². The number of piperazine rings is 1. The zero-order valence-electron chi connectivity index (χ0n) is 12.6. The highest BCUT2D eigenvalue weighted by Gasteiger charge is 2.25. The number of hydrogen-bond acceptors (Lipinski definition) is 2. The molecular weight excluding hydrogens is 262 g/mol. The average Bonchev–Trinajstić information content (AvgIpc) is 2.57. The Bertz CT molecular complexity index is 456. The molecule has 0 spiro atoms. The summed E-state index contributed by atoms with van der Waals surface area (Å²) in [5.41, 5.74) is 1.26. The molecule has 1 aromatic rings. The first-order chi connectivity index (χ1) is 10.3. The molecule has 0 radical (unpaired) electrons. The van der Waals surface area contributed by atoms with Crippen molar-refractivity contribution in [2.75, 3.05) is 19.6 Å². The summed E-state index contributed by atoms with van der Waals surface area (Å²) >= 11 is 0. The number of rotatable bonds is 2. The van der Waals surface area contributed by atoms with E-state index in [1.165, 1.54) is 24.8 Å². The Morgan fingerprint density at radius 3 is 2.67 bits per heavy atom. The van der Waals surface area contributed by atoms with Gasteiger partial charge in [0.1, 0.15) is 0 Å². The minimum absolute atomic E-state index is 0.115. The second kappa shape index (κ2) is 6.94. The molecule has 2 aliphatic rings. The summed E-state index contributed by atoms with van der Waals surface area (Å²) in [6, 6.07) is 11.1. The quantitative estimate of drug-likeness (QED) is 0.878. The summed E-state index contributed by atoms with van der Waals surface area (Å²) < 4.78 is 0. The van der Waals surface area contributed by atoms with Crippen LogP contribution in [0.3, 0.4) is 0 Å². The van der Waals surface area contributed by atoms with E-state index in [4.69, 9.17) is 0 Å². The molecule has 3 rings (SSSR count). The van der Waals surface area contributed by atoms with E-state index in [2.05, 4.69) is 34.9 Å². The predicted molar refractivity (Wildman–Crippen MR) is 84.2 cm³/mol. The second-order valence-electron chi connectivity index (χ2n) is 6.15. The maximum atomic E-state index is 12.4. The van der Waals surface area contributed by atoms with Gasteiger partial charge in [-0.2, -0.15) is 0 Å². The molecule has 1 atom stereocenters. The number of hydrogen-bond donors (Lipinski definition) is 2. The van der Waals surface area contributed by atoms with E-state index >= 15 is 0 Å². The van der Waals surface area contributed by atoms with Gasteiger partial charge in [0.25, 0.3) is 0 Å². The van der Waals surface area contributed by atoms with Gasteiger partial charge in [-0.15, -0.1) is 0 Å². The third kappa shape index (κ3) is 3.76. The molecular formula is C17H25N3O. The van der Waals surface area contributed by atoms with Gasteiger partial charge < -0.3 is 15.5 Å². The normalized spacial score (nSPS) is 23.8. The minimum atomic E-state index is 0.115. The Labute approximate surface area is 126 Å². The van der Waals surface area contributed by atoms with Crippen molar-refractivity contribution in [3.63, 3.8) is 0 Å². The molecule has 1 aromatic carbocycles. The standard InChI is InChI=1S/C17H25N3O/c21-17(19-15-9-5-2-6-10-15)20-12-11-18-16(13-20)14-7-3-1-4-8-14/h1,3-4,7-8,15-16,18H,2,5-6,9-13H2,(H,19,21). The van der Waals surface area contributed by atoms with E-state index < -0.39 is 0 Å². The number of benzene rings is 1. The van der Waals surface area contributed by atoms with E-state index in [0.717, 1.165) is 32.5 Å². The van der Waals surface area contributed by atoms with Gasteiger partial charge in [-0.25, -0.2) is 4.79 Å². The van der Waals surface area contributed by atoms with Crippen molar-refractivity contribution >= 4 is 6.03 Å². The van der Waals surface area contributed by atoms with Crippen LogP contribution in [-0.4, -0.2) is 36.6 Å². The van der Waals surface area contributed by atoms with Crippen LogP contribution in [0.25, 0.3) is 0 Å². The minimum Gasteiger partial charge on any atom is -0.335 e. The third-order valence-corrected chi connectivity index (χ3v) is 4.60. The van der Waals surface area contributed by atoms with Crippen molar-refractivity contribution in [2.45, 2.75) is 44.2 Å². The van der Waals surface area contributed by atoms with E-state index in [9.17, 15) is 4.79 Å². The molecule has 2 fully saturated rings. The van der Waals surface area contributed by atoms with Gasteiger partial charge in [0, 0.05) is 25.7 Å². The summed E-state index contributed by atoms with van der Waals surface area (Å²) in [5, 5.41) is 6.72. The highest BCUT2D eigenvalue weighted by atomic mass is 16.2. The molecule has 1 saturated heterocycles. The van der Waals surface area contributed by atoms with Crippen LogP contribution in [0.15, 0.2) is 30.3 Å². The molecule has 1 unspecified atom stereocenters. The lowest BCUT2D eigenvalue weighted by Crippen LogP contribution is -2.53. The molecule has 0 bridgehead atoms. The van der Waals surface area contributed by atoms with E-state index in [1.807, 2.05) is 11.0 Å². The van der Waals surface area contributed by atoms with Gasteiger partial charge >= 0.3 is 6.03 Å². The van der Waals surface area contributed by atoms with E-state index in [-0.39, 0.29) is 12.1 Å². The average molecular weight is 287 g/mol. The monoisotopic (exact) mass is 287 g/mol. The van der Waals surface area contributed by atoms with Crippen molar-refractivity contribution in [3.8, 4) is 0 Å². The Balaban J connectivity index is 1.56. The summed E-state index contributed by atoms with van der Waals surface area (Å²) in [5.74, 6) is 0. The highest BCUT2D eigenvalue weighted by Crippen LogP contribution is 2.19. The predicted octanol–water partition coefficient (Wildman–Crippen LogP) is 2.68. The molecule has 1 heterocycles. The number of nitrogens with one attached hydrogen (secondary N) is 2. The summed E-state index contributed by atoms with van der Waals surface area (Å²) in [4.78, 5) is 14.4. The number of carbonyl (C=O) groups excluding carboxylic acids is 1. The third-order valence-electron chi connectivity index (χ3n) is 4.60. The molecule has 0 aromatic heterocycles. The van der Waals surface area contributed by atoms with Crippen LogP contribution < -0.4 is 10.6 Å². The lowest BCUT2D eigenvalue weighted by atomic mass is 9.96. The lowest BCUT2D eigenvalue weighted by Gasteiger charge is -2.35. The Kier molecular flexibility index (Phi) is 4.76. The molecule has 4 nitrogen and oxygen atoms in total. The van der Waals surface area contributed by atoms with Crippen LogP contribution >= 0.6 is 0 Å². The molecule has 114 valence electrons. The fourth-order valence-corrected chi connectivity index (χ4v) is 3.36. The molecule has 1 saturated carbocycles. The fraction of sp³-hybridized carbons (Fsp3) is 0.588. The van der Waals surface area contributed by atoms with Crippen molar-refractivity contribution in [3.05, 3.63) is 35.9 Å². The Morgan fingerprint density at radius 2 is 1.90 bits per heavy atom. The largest absolute Gasteiger partial charge is 0.335 e. The van der Waals surface area contributed by atoms with Crippen LogP contribution in [0, 0.1) is 0 Å². The van der Waals surface area contributed by atoms with Crippen molar-refractivity contribution in [2.24, 2.45) is 0 Å². The zero-order chi connectivity index (χ0) is 14.5. The Hall–Kier alpha value is -1.55. The molecule has 1 aliphatic heterocycles.